The lowest BCUT2D eigenvalue weighted by Crippen LogP contribution is -1.98. The largest absolute Gasteiger partial charge is 0.502 e. The summed E-state index contributed by atoms with van der Waals surface area (Å²) in [6.45, 7) is 0. The number of phenolic OH excluding ortho intramolecular Hbond substituents is 2. The van der Waals surface area contributed by atoms with E-state index in [9.17, 15) is 10.2 Å². The zero-order chi connectivity index (χ0) is 12.3. The molecule has 0 unspecified atom stereocenters. The van der Waals surface area contributed by atoms with Crippen molar-refractivity contribution < 1.29 is 29.2 Å². The summed E-state index contributed by atoms with van der Waals surface area (Å²) in [6.07, 6.45) is 0. The van der Waals surface area contributed by atoms with E-state index in [0.29, 0.717) is 0 Å². The highest BCUT2D eigenvalue weighted by Gasteiger charge is 2.27. The summed E-state index contributed by atoms with van der Waals surface area (Å²) in [5.74, 6) is -0.654. The predicted octanol–water partition coefficient (Wildman–Crippen LogP) is 1.13. The lowest BCUT2D eigenvalue weighted by Gasteiger charge is -2.17. The summed E-state index contributed by atoms with van der Waals surface area (Å²) in [4.78, 5) is 0. The van der Waals surface area contributed by atoms with E-state index < -0.39 is 11.5 Å². The molecule has 0 saturated carbocycles. The van der Waals surface area contributed by atoms with Gasteiger partial charge >= 0.3 is 0 Å². The van der Waals surface area contributed by atoms with Gasteiger partial charge in [0.2, 0.25) is 34.5 Å². The van der Waals surface area contributed by atoms with Crippen LogP contribution in [0.25, 0.3) is 0 Å². The van der Waals surface area contributed by atoms with E-state index in [1.54, 1.807) is 0 Å². The summed E-state index contributed by atoms with van der Waals surface area (Å²) in [5.41, 5.74) is 0. The molecule has 0 atom stereocenters. The van der Waals surface area contributed by atoms with Crippen molar-refractivity contribution >= 4 is 0 Å². The zero-order valence-corrected chi connectivity index (χ0v) is 9.53. The Hall–Kier alpha value is -1.98. The Bertz CT molecular complexity index is 351. The van der Waals surface area contributed by atoms with Crippen LogP contribution >= 0.6 is 0 Å². The van der Waals surface area contributed by atoms with Gasteiger partial charge in [-0.25, -0.2) is 0 Å². The highest BCUT2D eigenvalue weighted by Crippen LogP contribution is 2.56. The normalized spacial score (nSPS) is 9.75. The van der Waals surface area contributed by atoms with Gasteiger partial charge in [0, 0.05) is 0 Å². The van der Waals surface area contributed by atoms with Crippen molar-refractivity contribution in [3.8, 4) is 34.5 Å². The molecule has 0 saturated heterocycles. The van der Waals surface area contributed by atoms with E-state index in [4.69, 9.17) is 18.9 Å². The van der Waals surface area contributed by atoms with Crippen molar-refractivity contribution in [2.45, 2.75) is 0 Å². The first-order chi connectivity index (χ1) is 7.62. The number of benzene rings is 1. The number of methoxy groups -OCH3 is 4. The molecule has 0 radical (unpaired) electrons. The van der Waals surface area contributed by atoms with Crippen LogP contribution in [0.1, 0.15) is 0 Å². The van der Waals surface area contributed by atoms with Gasteiger partial charge in [-0.1, -0.05) is 0 Å². The third-order valence-corrected chi connectivity index (χ3v) is 2.09. The second kappa shape index (κ2) is 4.69. The molecule has 16 heavy (non-hydrogen) atoms. The van der Waals surface area contributed by atoms with Crippen molar-refractivity contribution in [1.29, 1.82) is 0 Å². The number of hydrogen-bond acceptors (Lipinski definition) is 6. The molecule has 1 aromatic carbocycles. The summed E-state index contributed by atoms with van der Waals surface area (Å²) in [7, 11) is 5.44. The fraction of sp³-hybridized carbons (Fsp3) is 0.400. The van der Waals surface area contributed by atoms with Gasteiger partial charge in [0.15, 0.2) is 0 Å². The molecule has 0 aliphatic rings. The molecular weight excluding hydrogens is 216 g/mol. The molecule has 90 valence electrons. The molecule has 0 bridgehead atoms. The Morgan fingerprint density at radius 1 is 0.562 bits per heavy atom. The number of phenols is 2. The van der Waals surface area contributed by atoms with Crippen LogP contribution in [0, 0.1) is 0 Å². The van der Waals surface area contributed by atoms with Crippen LogP contribution in [0.2, 0.25) is 0 Å². The average Bonchev–Trinajstić information content (AvgIpc) is 2.31. The van der Waals surface area contributed by atoms with Crippen molar-refractivity contribution in [3.05, 3.63) is 0 Å². The first kappa shape index (κ1) is 12.1. The molecule has 0 spiro atoms. The topological polar surface area (TPSA) is 77.4 Å². The van der Waals surface area contributed by atoms with Gasteiger partial charge in [0.1, 0.15) is 0 Å². The fourth-order valence-corrected chi connectivity index (χ4v) is 1.39. The minimum Gasteiger partial charge on any atom is -0.502 e. The summed E-state index contributed by atoms with van der Waals surface area (Å²) < 4.78 is 19.9. The highest BCUT2D eigenvalue weighted by molar-refractivity contribution is 5.72. The van der Waals surface area contributed by atoms with Crippen molar-refractivity contribution in [3.63, 3.8) is 0 Å². The van der Waals surface area contributed by atoms with E-state index in [2.05, 4.69) is 0 Å². The van der Waals surface area contributed by atoms with E-state index in [0.717, 1.165) is 0 Å². The maximum absolute atomic E-state index is 9.65. The van der Waals surface area contributed by atoms with Crippen LogP contribution in [0.5, 0.6) is 34.5 Å². The van der Waals surface area contributed by atoms with Gasteiger partial charge in [-0.3, -0.25) is 0 Å². The van der Waals surface area contributed by atoms with Gasteiger partial charge in [0.05, 0.1) is 28.4 Å². The van der Waals surface area contributed by atoms with E-state index in [1.165, 1.54) is 28.4 Å². The van der Waals surface area contributed by atoms with Crippen LogP contribution < -0.4 is 18.9 Å². The molecule has 1 aromatic rings. The van der Waals surface area contributed by atoms with Crippen LogP contribution in [0.4, 0.5) is 0 Å². The highest BCUT2D eigenvalue weighted by atomic mass is 16.6. The van der Waals surface area contributed by atoms with Gasteiger partial charge in [-0.2, -0.15) is 0 Å². The molecule has 0 fully saturated rings. The van der Waals surface area contributed by atoms with Crippen LogP contribution in [0.15, 0.2) is 0 Å². The molecule has 0 heterocycles. The number of ether oxygens (including phenoxy) is 4. The molecule has 0 aliphatic heterocycles. The van der Waals surface area contributed by atoms with Crippen LogP contribution in [0.3, 0.4) is 0 Å². The zero-order valence-electron chi connectivity index (χ0n) is 9.53. The van der Waals surface area contributed by atoms with Gasteiger partial charge < -0.3 is 29.2 Å². The minimum absolute atomic E-state index is 0.0161. The maximum atomic E-state index is 9.65. The quantitative estimate of drug-likeness (QED) is 0.755. The molecule has 2 N–H and O–H groups in total. The summed E-state index contributed by atoms with van der Waals surface area (Å²) in [5, 5.41) is 19.3. The van der Waals surface area contributed by atoms with Gasteiger partial charge in [-0.05, 0) is 0 Å². The third kappa shape index (κ3) is 1.62. The first-order valence-corrected chi connectivity index (χ1v) is 4.40. The Balaban J connectivity index is 3.61. The molecule has 1 rings (SSSR count). The number of rotatable bonds is 4. The molecule has 0 aromatic heterocycles. The molecular formula is C10H14O6. The Kier molecular flexibility index (Phi) is 3.55. The van der Waals surface area contributed by atoms with Crippen molar-refractivity contribution in [2.24, 2.45) is 0 Å². The molecule has 0 amide bonds. The average molecular weight is 230 g/mol. The van der Waals surface area contributed by atoms with E-state index in [1.807, 2.05) is 0 Å². The smallest absolute Gasteiger partial charge is 0.211 e. The third-order valence-electron chi connectivity index (χ3n) is 2.09. The van der Waals surface area contributed by atoms with E-state index >= 15 is 0 Å². The Morgan fingerprint density at radius 3 is 1.00 bits per heavy atom. The Labute approximate surface area is 92.9 Å². The first-order valence-electron chi connectivity index (χ1n) is 4.40. The summed E-state index contributed by atoms with van der Waals surface area (Å²) >= 11 is 0. The fourth-order valence-electron chi connectivity index (χ4n) is 1.39. The van der Waals surface area contributed by atoms with Crippen LogP contribution in [-0.4, -0.2) is 38.7 Å². The molecule has 0 aliphatic carbocycles. The number of aromatic hydroxyl groups is 2. The maximum Gasteiger partial charge on any atom is 0.211 e. The molecule has 6 heteroatoms. The van der Waals surface area contributed by atoms with Crippen molar-refractivity contribution in [1.82, 2.24) is 0 Å². The lowest BCUT2D eigenvalue weighted by molar-refractivity contribution is 0.277. The van der Waals surface area contributed by atoms with Gasteiger partial charge in [-0.15, -0.1) is 0 Å². The monoisotopic (exact) mass is 230 g/mol. The summed E-state index contributed by atoms with van der Waals surface area (Å²) in [6, 6.07) is 0. The minimum atomic E-state index is -0.461. The standard InChI is InChI=1S/C10H14O6/c1-13-7-5(11)6(12)8(14-2)10(16-4)9(7)15-3/h11-12H,1-4H3. The predicted molar refractivity (Wildman–Crippen MR) is 56.0 cm³/mol. The second-order valence-corrected chi connectivity index (χ2v) is 2.83. The second-order valence-electron chi connectivity index (χ2n) is 2.83. The van der Waals surface area contributed by atoms with Crippen molar-refractivity contribution in [2.75, 3.05) is 28.4 Å². The van der Waals surface area contributed by atoms with Crippen LogP contribution in [-0.2, 0) is 0 Å². The molecule has 6 nitrogen and oxygen atoms in total. The lowest BCUT2D eigenvalue weighted by atomic mass is 10.2. The number of hydrogen-bond donors (Lipinski definition) is 2. The van der Waals surface area contributed by atoms with E-state index in [-0.39, 0.29) is 23.0 Å². The SMILES string of the molecule is COc1c(O)c(O)c(OC)c(OC)c1OC. The Morgan fingerprint density at radius 2 is 0.812 bits per heavy atom. The van der Waals surface area contributed by atoms with Gasteiger partial charge in [0.25, 0.3) is 0 Å².